The SMILES string of the molecule is CN1CC[C@@H]2c3cc(S(=O)(=O)c4cccc(F)c4)ccc3N(C)[C@@H]2CC1. The molecular weight excluding hydrogens is 351 g/mol. The van der Waals surface area contributed by atoms with E-state index in [0.717, 1.165) is 43.2 Å². The monoisotopic (exact) mass is 374 g/mol. The second-order valence-corrected chi connectivity index (χ2v) is 9.30. The van der Waals surface area contributed by atoms with Gasteiger partial charge in [-0.25, -0.2) is 12.8 Å². The number of rotatable bonds is 2. The number of hydrogen-bond donors (Lipinski definition) is 0. The van der Waals surface area contributed by atoms with E-state index in [1.807, 2.05) is 12.1 Å². The Hall–Kier alpha value is -1.92. The Kier molecular flexibility index (Phi) is 4.28. The maximum Gasteiger partial charge on any atom is 0.206 e. The molecule has 0 bridgehead atoms. The van der Waals surface area contributed by atoms with Gasteiger partial charge < -0.3 is 9.80 Å². The van der Waals surface area contributed by atoms with E-state index < -0.39 is 15.7 Å². The number of fused-ring (bicyclic) bond motifs is 3. The number of nitrogens with zero attached hydrogens (tertiary/aromatic N) is 2. The Morgan fingerprint density at radius 1 is 1.00 bits per heavy atom. The summed E-state index contributed by atoms with van der Waals surface area (Å²) < 4.78 is 39.4. The first-order chi connectivity index (χ1) is 12.4. The second kappa shape index (κ2) is 6.35. The van der Waals surface area contributed by atoms with Crippen LogP contribution in [-0.4, -0.2) is 46.5 Å². The van der Waals surface area contributed by atoms with Crippen LogP contribution in [0.4, 0.5) is 10.1 Å². The minimum atomic E-state index is -3.73. The van der Waals surface area contributed by atoms with Crippen LogP contribution in [0.25, 0.3) is 0 Å². The fourth-order valence-electron chi connectivity index (χ4n) is 4.31. The average molecular weight is 374 g/mol. The summed E-state index contributed by atoms with van der Waals surface area (Å²) in [5, 5.41) is 0. The Balaban J connectivity index is 1.76. The van der Waals surface area contributed by atoms with E-state index in [1.54, 1.807) is 6.07 Å². The minimum Gasteiger partial charge on any atom is -0.371 e. The fraction of sp³-hybridized carbons (Fsp3) is 0.400. The molecular formula is C20H23FN2O2S. The highest BCUT2D eigenvalue weighted by atomic mass is 32.2. The third kappa shape index (κ3) is 2.81. The number of likely N-dealkylation sites (N-methyl/N-ethyl adjacent to an activating group) is 1. The van der Waals surface area contributed by atoms with Crippen molar-refractivity contribution in [1.29, 1.82) is 0 Å². The van der Waals surface area contributed by atoms with E-state index >= 15 is 0 Å². The lowest BCUT2D eigenvalue weighted by atomic mass is 9.91. The van der Waals surface area contributed by atoms with E-state index in [0.29, 0.717) is 12.0 Å². The molecule has 2 aromatic rings. The highest BCUT2D eigenvalue weighted by Crippen LogP contribution is 2.45. The Bertz CT molecular complexity index is 945. The molecule has 138 valence electrons. The molecule has 0 aromatic heterocycles. The maximum absolute atomic E-state index is 13.5. The fourth-order valence-corrected chi connectivity index (χ4v) is 5.64. The number of anilines is 1. The molecule has 2 aliphatic rings. The summed E-state index contributed by atoms with van der Waals surface area (Å²) in [6.45, 7) is 2.06. The van der Waals surface area contributed by atoms with Crippen LogP contribution in [0.5, 0.6) is 0 Å². The molecule has 0 unspecified atom stereocenters. The van der Waals surface area contributed by atoms with Crippen molar-refractivity contribution in [2.75, 3.05) is 32.1 Å². The highest BCUT2D eigenvalue weighted by Gasteiger charge is 2.38. The number of halogens is 1. The van der Waals surface area contributed by atoms with Crippen LogP contribution in [0.1, 0.15) is 24.3 Å². The van der Waals surface area contributed by atoms with E-state index in [1.165, 1.54) is 18.2 Å². The molecule has 0 N–H and O–H groups in total. The van der Waals surface area contributed by atoms with Crippen LogP contribution >= 0.6 is 0 Å². The zero-order valence-corrected chi connectivity index (χ0v) is 15.8. The third-order valence-electron chi connectivity index (χ3n) is 5.79. The number of sulfone groups is 1. The van der Waals surface area contributed by atoms with Crippen molar-refractivity contribution in [2.24, 2.45) is 0 Å². The lowest BCUT2D eigenvalue weighted by Gasteiger charge is -2.25. The van der Waals surface area contributed by atoms with Gasteiger partial charge in [-0.1, -0.05) is 6.07 Å². The molecule has 2 atom stereocenters. The van der Waals surface area contributed by atoms with Crippen LogP contribution < -0.4 is 4.90 Å². The molecule has 0 amide bonds. The van der Waals surface area contributed by atoms with Crippen molar-refractivity contribution < 1.29 is 12.8 Å². The topological polar surface area (TPSA) is 40.6 Å². The van der Waals surface area contributed by atoms with Crippen molar-refractivity contribution in [2.45, 2.75) is 34.6 Å². The number of hydrogen-bond acceptors (Lipinski definition) is 4. The number of likely N-dealkylation sites (tertiary alicyclic amines) is 1. The molecule has 6 heteroatoms. The molecule has 26 heavy (non-hydrogen) atoms. The normalized spacial score (nSPS) is 23.4. The van der Waals surface area contributed by atoms with Crippen LogP contribution in [0.15, 0.2) is 52.3 Å². The number of benzene rings is 2. The van der Waals surface area contributed by atoms with Gasteiger partial charge in [0.2, 0.25) is 9.84 Å². The molecule has 4 rings (SSSR count). The summed E-state index contributed by atoms with van der Waals surface area (Å²) in [6.07, 6.45) is 2.08. The van der Waals surface area contributed by atoms with Crippen molar-refractivity contribution >= 4 is 15.5 Å². The largest absolute Gasteiger partial charge is 0.371 e. The predicted molar refractivity (Wildman–Crippen MR) is 100.0 cm³/mol. The molecule has 0 aliphatic carbocycles. The molecule has 1 fully saturated rings. The van der Waals surface area contributed by atoms with Gasteiger partial charge in [0.05, 0.1) is 9.79 Å². The van der Waals surface area contributed by atoms with Gasteiger partial charge in [0.1, 0.15) is 5.82 Å². The van der Waals surface area contributed by atoms with E-state index in [4.69, 9.17) is 0 Å². The van der Waals surface area contributed by atoms with Crippen LogP contribution in [0.3, 0.4) is 0 Å². The summed E-state index contributed by atoms with van der Waals surface area (Å²) in [5.41, 5.74) is 2.22. The van der Waals surface area contributed by atoms with Crippen molar-refractivity contribution in [3.05, 3.63) is 53.8 Å². The van der Waals surface area contributed by atoms with Gasteiger partial charge in [0, 0.05) is 24.7 Å². The summed E-state index contributed by atoms with van der Waals surface area (Å²) in [5.74, 6) is -0.207. The summed E-state index contributed by atoms with van der Waals surface area (Å²) >= 11 is 0. The summed E-state index contributed by atoms with van der Waals surface area (Å²) in [4.78, 5) is 4.87. The van der Waals surface area contributed by atoms with Gasteiger partial charge in [0.25, 0.3) is 0 Å². The van der Waals surface area contributed by atoms with Gasteiger partial charge in [-0.3, -0.25) is 0 Å². The second-order valence-electron chi connectivity index (χ2n) is 7.35. The van der Waals surface area contributed by atoms with E-state index in [2.05, 4.69) is 23.9 Å². The molecule has 4 nitrogen and oxygen atoms in total. The molecule has 0 saturated carbocycles. The van der Waals surface area contributed by atoms with Crippen LogP contribution in [0.2, 0.25) is 0 Å². The third-order valence-corrected chi connectivity index (χ3v) is 7.53. The van der Waals surface area contributed by atoms with Crippen molar-refractivity contribution in [3.8, 4) is 0 Å². The van der Waals surface area contributed by atoms with Gasteiger partial charge in [0.15, 0.2) is 0 Å². The molecule has 0 radical (unpaired) electrons. The average Bonchev–Trinajstić information content (AvgIpc) is 2.75. The van der Waals surface area contributed by atoms with Crippen LogP contribution in [-0.2, 0) is 9.84 Å². The quantitative estimate of drug-likeness (QED) is 0.809. The van der Waals surface area contributed by atoms with Gasteiger partial charge in [-0.15, -0.1) is 0 Å². The predicted octanol–water partition coefficient (Wildman–Crippen LogP) is 3.29. The van der Waals surface area contributed by atoms with Crippen LogP contribution in [0, 0.1) is 5.82 Å². The van der Waals surface area contributed by atoms with E-state index in [-0.39, 0.29) is 9.79 Å². The molecule has 2 aromatic carbocycles. The first-order valence-electron chi connectivity index (χ1n) is 8.94. The van der Waals surface area contributed by atoms with Gasteiger partial charge in [-0.05, 0) is 74.9 Å². The Morgan fingerprint density at radius 2 is 1.73 bits per heavy atom. The van der Waals surface area contributed by atoms with Gasteiger partial charge >= 0.3 is 0 Å². The van der Waals surface area contributed by atoms with Crippen molar-refractivity contribution in [1.82, 2.24) is 4.90 Å². The zero-order valence-electron chi connectivity index (χ0n) is 15.0. The summed E-state index contributed by atoms with van der Waals surface area (Å²) in [6, 6.07) is 11.0. The van der Waals surface area contributed by atoms with Gasteiger partial charge in [-0.2, -0.15) is 0 Å². The molecule has 2 heterocycles. The Morgan fingerprint density at radius 3 is 2.50 bits per heavy atom. The smallest absolute Gasteiger partial charge is 0.206 e. The lowest BCUT2D eigenvalue weighted by Crippen LogP contribution is -2.31. The standard InChI is InChI=1S/C20H23FN2O2S/c1-22-10-8-17-18-13-16(6-7-19(18)23(2)20(17)9-11-22)26(24,25)15-5-3-4-14(21)12-15/h3-7,12-13,17,20H,8-11H2,1-2H3/t17-,20-/m1/s1. The summed E-state index contributed by atoms with van der Waals surface area (Å²) in [7, 11) is 0.497. The first-order valence-corrected chi connectivity index (χ1v) is 10.4. The molecule has 0 spiro atoms. The Labute approximate surface area is 154 Å². The zero-order chi connectivity index (χ0) is 18.5. The highest BCUT2D eigenvalue weighted by molar-refractivity contribution is 7.91. The molecule has 1 saturated heterocycles. The first kappa shape index (κ1) is 17.5. The maximum atomic E-state index is 13.5. The van der Waals surface area contributed by atoms with E-state index in [9.17, 15) is 12.8 Å². The van der Waals surface area contributed by atoms with Crippen molar-refractivity contribution in [3.63, 3.8) is 0 Å². The molecule has 2 aliphatic heterocycles. The lowest BCUT2D eigenvalue weighted by molar-refractivity contribution is 0.345. The minimum absolute atomic E-state index is 0.000881.